The molecule has 0 fully saturated rings. The van der Waals surface area contributed by atoms with Gasteiger partial charge in [0, 0.05) is 6.42 Å². The Morgan fingerprint density at radius 2 is 1.79 bits per heavy atom. The zero-order valence-corrected chi connectivity index (χ0v) is 10.5. The number of rotatable bonds is 6. The predicted molar refractivity (Wildman–Crippen MR) is 66.1 cm³/mol. The minimum Gasteiger partial charge on any atom is -0.427 e. The molecule has 1 N–H and O–H groups in total. The molecule has 102 valence electrons. The molecule has 19 heavy (non-hydrogen) atoms. The fourth-order valence-corrected chi connectivity index (χ4v) is 1.15. The normalized spacial score (nSPS) is 9.53. The molecule has 0 spiro atoms. The van der Waals surface area contributed by atoms with E-state index in [1.165, 1.54) is 0 Å². The highest BCUT2D eigenvalue weighted by Gasteiger charge is 2.08. The summed E-state index contributed by atoms with van der Waals surface area (Å²) in [6.45, 7) is 0.951. The largest absolute Gasteiger partial charge is 0.427 e. The summed E-state index contributed by atoms with van der Waals surface area (Å²) < 4.78 is 9.37. The van der Waals surface area contributed by atoms with Gasteiger partial charge in [-0.3, -0.25) is 9.59 Å². The van der Waals surface area contributed by atoms with E-state index >= 15 is 0 Å². The van der Waals surface area contributed by atoms with Gasteiger partial charge in [-0.1, -0.05) is 25.1 Å². The third-order valence-corrected chi connectivity index (χ3v) is 2.17. The van der Waals surface area contributed by atoms with Crippen molar-refractivity contribution in [1.82, 2.24) is 5.32 Å². The van der Waals surface area contributed by atoms with E-state index in [0.717, 1.165) is 0 Å². The van der Waals surface area contributed by atoms with Crippen LogP contribution in [0.5, 0.6) is 0 Å². The minimum atomic E-state index is -0.664. The second-order valence-corrected chi connectivity index (χ2v) is 3.56. The molecule has 6 heteroatoms. The molecular formula is C13H15NO5. The summed E-state index contributed by atoms with van der Waals surface area (Å²) in [4.78, 5) is 33.5. The zero-order chi connectivity index (χ0) is 14.1. The van der Waals surface area contributed by atoms with Crippen molar-refractivity contribution in [3.63, 3.8) is 0 Å². The maximum Gasteiger partial charge on any atom is 0.340 e. The molecule has 1 rings (SSSR count). The van der Waals surface area contributed by atoms with E-state index in [1.54, 1.807) is 37.3 Å². The minimum absolute atomic E-state index is 0.241. The summed E-state index contributed by atoms with van der Waals surface area (Å²) in [7, 11) is 0. The molecule has 1 aromatic carbocycles. The van der Waals surface area contributed by atoms with Gasteiger partial charge in [0.15, 0.2) is 0 Å². The number of benzene rings is 1. The lowest BCUT2D eigenvalue weighted by molar-refractivity contribution is -0.152. The summed E-state index contributed by atoms with van der Waals surface area (Å²) in [5.41, 5.74) is 0.373. The highest BCUT2D eigenvalue weighted by atomic mass is 16.7. The summed E-state index contributed by atoms with van der Waals surface area (Å²) >= 11 is 0. The molecule has 1 aromatic rings. The van der Waals surface area contributed by atoms with Crippen LogP contribution in [0.15, 0.2) is 30.3 Å². The van der Waals surface area contributed by atoms with Crippen molar-refractivity contribution in [1.29, 1.82) is 0 Å². The second-order valence-electron chi connectivity index (χ2n) is 3.56. The van der Waals surface area contributed by atoms with Gasteiger partial charge in [-0.25, -0.2) is 4.79 Å². The standard InChI is InChI=1S/C13H15NO5/c1-2-11(15)14-8-12(16)18-9-19-13(17)10-6-4-3-5-7-10/h3-7H,2,8-9H2,1H3,(H,14,15). The van der Waals surface area contributed by atoms with Crippen molar-refractivity contribution in [2.45, 2.75) is 13.3 Å². The topological polar surface area (TPSA) is 81.7 Å². The van der Waals surface area contributed by atoms with Gasteiger partial charge in [0.25, 0.3) is 0 Å². The molecule has 0 aliphatic carbocycles. The molecule has 0 aliphatic rings. The zero-order valence-electron chi connectivity index (χ0n) is 10.5. The number of carbonyl (C=O) groups excluding carboxylic acids is 3. The van der Waals surface area contributed by atoms with Crippen molar-refractivity contribution >= 4 is 17.8 Å². The molecule has 0 unspecified atom stereocenters. The molecule has 0 aromatic heterocycles. The van der Waals surface area contributed by atoms with Crippen LogP contribution in [0.2, 0.25) is 0 Å². The van der Waals surface area contributed by atoms with Gasteiger partial charge in [0.1, 0.15) is 6.54 Å². The molecule has 1 amide bonds. The number of hydrogen-bond donors (Lipinski definition) is 1. The number of amides is 1. The van der Waals surface area contributed by atoms with Crippen LogP contribution in [0.4, 0.5) is 0 Å². The van der Waals surface area contributed by atoms with Crippen LogP contribution in [0.25, 0.3) is 0 Å². The molecule has 0 saturated carbocycles. The Bertz CT molecular complexity index is 444. The van der Waals surface area contributed by atoms with Crippen LogP contribution >= 0.6 is 0 Å². The highest BCUT2D eigenvalue weighted by molar-refractivity contribution is 5.89. The molecule has 0 atom stereocenters. The molecule has 0 radical (unpaired) electrons. The molecule has 0 heterocycles. The Morgan fingerprint density at radius 3 is 2.42 bits per heavy atom. The second kappa shape index (κ2) is 7.86. The van der Waals surface area contributed by atoms with Crippen molar-refractivity contribution in [3.05, 3.63) is 35.9 Å². The Kier molecular flexibility index (Phi) is 6.08. The Hall–Kier alpha value is -2.37. The van der Waals surface area contributed by atoms with Gasteiger partial charge >= 0.3 is 11.9 Å². The van der Waals surface area contributed by atoms with Crippen LogP contribution < -0.4 is 5.32 Å². The van der Waals surface area contributed by atoms with E-state index in [0.29, 0.717) is 5.56 Å². The number of nitrogens with one attached hydrogen (secondary N) is 1. The van der Waals surface area contributed by atoms with Crippen LogP contribution in [-0.2, 0) is 19.1 Å². The molecule has 0 saturated heterocycles. The summed E-state index contributed by atoms with van der Waals surface area (Å²) in [5.74, 6) is -1.49. The van der Waals surface area contributed by atoms with Crippen molar-refractivity contribution in [2.75, 3.05) is 13.3 Å². The maximum absolute atomic E-state index is 11.5. The van der Waals surface area contributed by atoms with Gasteiger partial charge < -0.3 is 14.8 Å². The Balaban J connectivity index is 2.22. The third kappa shape index (κ3) is 5.67. The van der Waals surface area contributed by atoms with Crippen LogP contribution in [-0.4, -0.2) is 31.2 Å². The van der Waals surface area contributed by atoms with Crippen molar-refractivity contribution < 1.29 is 23.9 Å². The first-order valence-electron chi connectivity index (χ1n) is 5.78. The van der Waals surface area contributed by atoms with Crippen LogP contribution in [0, 0.1) is 0 Å². The SMILES string of the molecule is CCC(=O)NCC(=O)OCOC(=O)c1ccccc1. The first kappa shape index (κ1) is 14.7. The van der Waals surface area contributed by atoms with Gasteiger partial charge in [-0.2, -0.15) is 0 Å². The number of esters is 2. The summed E-state index contributed by atoms with van der Waals surface area (Å²) in [5, 5.41) is 2.35. The van der Waals surface area contributed by atoms with E-state index in [-0.39, 0.29) is 18.9 Å². The monoisotopic (exact) mass is 265 g/mol. The van der Waals surface area contributed by atoms with E-state index in [1.807, 2.05) is 0 Å². The molecule has 0 aliphatic heterocycles. The number of carbonyl (C=O) groups is 3. The highest BCUT2D eigenvalue weighted by Crippen LogP contribution is 2.00. The Morgan fingerprint density at radius 1 is 1.11 bits per heavy atom. The predicted octanol–water partition coefficient (Wildman–Crippen LogP) is 0.870. The van der Waals surface area contributed by atoms with Crippen molar-refractivity contribution in [2.24, 2.45) is 0 Å². The number of hydrogen-bond acceptors (Lipinski definition) is 5. The summed E-state index contributed by atoms with van der Waals surface area (Å²) in [6.07, 6.45) is 0.288. The number of ether oxygens (including phenoxy) is 2. The average Bonchev–Trinajstić information content (AvgIpc) is 2.45. The van der Waals surface area contributed by atoms with Gasteiger partial charge in [-0.05, 0) is 12.1 Å². The average molecular weight is 265 g/mol. The first-order valence-corrected chi connectivity index (χ1v) is 5.78. The lowest BCUT2D eigenvalue weighted by atomic mass is 10.2. The molecule has 0 bridgehead atoms. The van der Waals surface area contributed by atoms with Gasteiger partial charge in [-0.15, -0.1) is 0 Å². The van der Waals surface area contributed by atoms with E-state index < -0.39 is 18.7 Å². The maximum atomic E-state index is 11.5. The van der Waals surface area contributed by atoms with E-state index in [9.17, 15) is 14.4 Å². The molecular weight excluding hydrogens is 250 g/mol. The first-order chi connectivity index (χ1) is 9.13. The summed E-state index contributed by atoms with van der Waals surface area (Å²) in [6, 6.07) is 8.34. The fourth-order valence-electron chi connectivity index (χ4n) is 1.15. The van der Waals surface area contributed by atoms with Crippen LogP contribution in [0.3, 0.4) is 0 Å². The lowest BCUT2D eigenvalue weighted by Crippen LogP contribution is -2.30. The quantitative estimate of drug-likeness (QED) is 0.609. The fraction of sp³-hybridized carbons (Fsp3) is 0.308. The third-order valence-electron chi connectivity index (χ3n) is 2.17. The van der Waals surface area contributed by atoms with Crippen molar-refractivity contribution in [3.8, 4) is 0 Å². The van der Waals surface area contributed by atoms with Gasteiger partial charge in [0.05, 0.1) is 5.56 Å². The smallest absolute Gasteiger partial charge is 0.340 e. The lowest BCUT2D eigenvalue weighted by Gasteiger charge is -2.06. The van der Waals surface area contributed by atoms with E-state index in [2.05, 4.69) is 10.1 Å². The Labute approximate surface area is 110 Å². The van der Waals surface area contributed by atoms with E-state index in [4.69, 9.17) is 4.74 Å². The molecule has 6 nitrogen and oxygen atoms in total. The van der Waals surface area contributed by atoms with Crippen LogP contribution in [0.1, 0.15) is 23.7 Å². The van der Waals surface area contributed by atoms with Gasteiger partial charge in [0.2, 0.25) is 12.7 Å².